The summed E-state index contributed by atoms with van der Waals surface area (Å²) in [7, 11) is 0. The molecule has 9 heteroatoms. The molecule has 37 heavy (non-hydrogen) atoms. The highest BCUT2D eigenvalue weighted by Gasteiger charge is 2.53. The molecule has 2 atom stereocenters. The van der Waals surface area contributed by atoms with Crippen LogP contribution in [-0.2, 0) is 9.53 Å². The molecule has 2 saturated carbocycles. The normalized spacial score (nSPS) is 25.1. The second kappa shape index (κ2) is 9.38. The van der Waals surface area contributed by atoms with E-state index in [1.165, 1.54) is 25.0 Å². The molecule has 1 spiro atoms. The summed E-state index contributed by atoms with van der Waals surface area (Å²) in [6, 6.07) is 7.84. The van der Waals surface area contributed by atoms with Gasteiger partial charge in [-0.2, -0.15) is 0 Å². The first kappa shape index (κ1) is 24.3. The van der Waals surface area contributed by atoms with Gasteiger partial charge in [0.05, 0.1) is 18.3 Å². The molecular formula is C28H33FN4O4. The lowest BCUT2D eigenvalue weighted by Crippen LogP contribution is -2.52. The molecule has 6 rings (SSSR count). The topological polar surface area (TPSA) is 98.2 Å². The van der Waals surface area contributed by atoms with Crippen LogP contribution >= 0.6 is 0 Å². The summed E-state index contributed by atoms with van der Waals surface area (Å²) in [5.41, 5.74) is 2.15. The lowest BCUT2D eigenvalue weighted by Gasteiger charge is -2.40. The number of morpholine rings is 1. The molecular weight excluding hydrogens is 475 g/mol. The van der Waals surface area contributed by atoms with Crippen LogP contribution in [0.15, 0.2) is 42.1 Å². The quantitative estimate of drug-likeness (QED) is 0.552. The van der Waals surface area contributed by atoms with Crippen LogP contribution in [0.3, 0.4) is 0 Å². The predicted molar refractivity (Wildman–Crippen MR) is 137 cm³/mol. The van der Waals surface area contributed by atoms with Crippen molar-refractivity contribution in [1.82, 2.24) is 15.2 Å². The fourth-order valence-electron chi connectivity index (χ4n) is 5.93. The van der Waals surface area contributed by atoms with Crippen LogP contribution in [0.2, 0.25) is 0 Å². The standard InChI is InChI=1S/C28H33FN4O4/c1-17-16-32(10-11-37-17)8-9-33-25-22(12-19(15-30-25)18-2-4-20(29)5-3-18)24(34)23(27(33)36)26(35)31-21-13-28(14-21)6-7-28/h2-5,12,15,17,21,27,34,36H,6-11,13-14,16H2,1H3,(H,31,35)/t17-,27?/m0/s1. The highest BCUT2D eigenvalue weighted by molar-refractivity contribution is 6.04. The number of hydrogen-bond acceptors (Lipinski definition) is 7. The Kier molecular flexibility index (Phi) is 6.17. The minimum absolute atomic E-state index is 0.0577. The molecule has 1 aromatic heterocycles. The summed E-state index contributed by atoms with van der Waals surface area (Å²) in [6.07, 6.45) is 4.79. The third-order valence-corrected chi connectivity index (χ3v) is 8.26. The maximum atomic E-state index is 13.5. The van der Waals surface area contributed by atoms with Gasteiger partial charge in [-0.3, -0.25) is 9.69 Å². The summed E-state index contributed by atoms with van der Waals surface area (Å²) in [4.78, 5) is 21.9. The lowest BCUT2D eigenvalue weighted by molar-refractivity contribution is -0.120. The van der Waals surface area contributed by atoms with Crippen molar-refractivity contribution in [3.05, 3.63) is 53.5 Å². The van der Waals surface area contributed by atoms with Crippen LogP contribution < -0.4 is 10.2 Å². The Morgan fingerprint density at radius 2 is 1.97 bits per heavy atom. The second-order valence-corrected chi connectivity index (χ2v) is 11.0. The number of aromatic nitrogens is 1. The molecule has 2 aliphatic carbocycles. The third-order valence-electron chi connectivity index (χ3n) is 8.26. The van der Waals surface area contributed by atoms with E-state index in [0.717, 1.165) is 31.5 Å². The van der Waals surface area contributed by atoms with Gasteiger partial charge in [-0.15, -0.1) is 0 Å². The number of ether oxygens (including phenoxy) is 1. The molecule has 1 unspecified atom stereocenters. The molecule has 8 nitrogen and oxygen atoms in total. The van der Waals surface area contributed by atoms with E-state index >= 15 is 0 Å². The number of halogens is 1. The largest absolute Gasteiger partial charge is 0.507 e. The van der Waals surface area contributed by atoms with E-state index in [1.54, 1.807) is 29.3 Å². The Hall–Kier alpha value is -3.01. The van der Waals surface area contributed by atoms with E-state index in [-0.39, 0.29) is 29.3 Å². The molecule has 1 saturated heterocycles. The molecule has 3 fully saturated rings. The Bertz CT molecular complexity index is 1220. The third kappa shape index (κ3) is 4.71. The van der Waals surface area contributed by atoms with Crippen molar-refractivity contribution in [2.24, 2.45) is 5.41 Å². The first-order valence-electron chi connectivity index (χ1n) is 13.1. The summed E-state index contributed by atoms with van der Waals surface area (Å²) in [5.74, 6) is -0.650. The number of aliphatic hydroxyl groups is 2. The molecule has 4 aliphatic rings. The molecule has 2 aromatic rings. The SMILES string of the molecule is C[C@H]1CN(CCN2c3ncc(-c4ccc(F)cc4)cc3C(O)=C(C(=O)NC3CC4(CC4)C3)C2O)CCO1. The van der Waals surface area contributed by atoms with Crippen molar-refractivity contribution < 1.29 is 24.1 Å². The van der Waals surface area contributed by atoms with Gasteiger partial charge >= 0.3 is 0 Å². The zero-order valence-electron chi connectivity index (χ0n) is 21.0. The predicted octanol–water partition coefficient (Wildman–Crippen LogP) is 3.07. The Balaban J connectivity index is 1.30. The highest BCUT2D eigenvalue weighted by atomic mass is 19.1. The molecule has 0 bridgehead atoms. The van der Waals surface area contributed by atoms with E-state index in [4.69, 9.17) is 4.74 Å². The minimum Gasteiger partial charge on any atom is -0.507 e. The van der Waals surface area contributed by atoms with Crippen molar-refractivity contribution in [1.29, 1.82) is 0 Å². The van der Waals surface area contributed by atoms with E-state index in [0.29, 0.717) is 42.1 Å². The fraction of sp³-hybridized carbons (Fsp3) is 0.500. The molecule has 0 radical (unpaired) electrons. The molecule has 196 valence electrons. The van der Waals surface area contributed by atoms with Gasteiger partial charge in [0.15, 0.2) is 6.23 Å². The number of amides is 1. The number of carbonyl (C=O) groups is 1. The van der Waals surface area contributed by atoms with Gasteiger partial charge in [0.1, 0.15) is 23.0 Å². The van der Waals surface area contributed by atoms with Crippen LogP contribution in [0, 0.1) is 11.2 Å². The highest BCUT2D eigenvalue weighted by Crippen LogP contribution is 2.60. The van der Waals surface area contributed by atoms with Crippen LogP contribution in [0.5, 0.6) is 0 Å². The van der Waals surface area contributed by atoms with Gasteiger partial charge in [0.2, 0.25) is 0 Å². The molecule has 1 amide bonds. The number of pyridine rings is 1. The van der Waals surface area contributed by atoms with Crippen molar-refractivity contribution in [3.8, 4) is 11.1 Å². The maximum Gasteiger partial charge on any atom is 0.255 e. The first-order chi connectivity index (χ1) is 17.8. The maximum absolute atomic E-state index is 13.5. The van der Waals surface area contributed by atoms with Crippen LogP contribution in [-0.4, -0.2) is 77.2 Å². The molecule has 3 heterocycles. The summed E-state index contributed by atoms with van der Waals surface area (Å²) < 4.78 is 19.1. The zero-order chi connectivity index (χ0) is 25.7. The smallest absolute Gasteiger partial charge is 0.255 e. The van der Waals surface area contributed by atoms with Gasteiger partial charge in [0.25, 0.3) is 5.91 Å². The van der Waals surface area contributed by atoms with Gasteiger partial charge < -0.3 is 25.2 Å². The molecule has 3 N–H and O–H groups in total. The number of aliphatic hydroxyl groups excluding tert-OH is 2. The monoisotopic (exact) mass is 508 g/mol. The van der Waals surface area contributed by atoms with Crippen LogP contribution in [0.4, 0.5) is 10.2 Å². The minimum atomic E-state index is -1.33. The average molecular weight is 509 g/mol. The number of nitrogens with zero attached hydrogens (tertiary/aromatic N) is 3. The van der Waals surface area contributed by atoms with E-state index < -0.39 is 12.1 Å². The number of anilines is 1. The van der Waals surface area contributed by atoms with E-state index in [1.807, 2.05) is 6.92 Å². The van der Waals surface area contributed by atoms with Crippen molar-refractivity contribution in [2.75, 3.05) is 37.7 Å². The number of nitrogens with one attached hydrogen (secondary N) is 1. The lowest BCUT2D eigenvalue weighted by atomic mass is 9.77. The zero-order valence-corrected chi connectivity index (χ0v) is 21.0. The second-order valence-electron chi connectivity index (χ2n) is 11.0. The Labute approximate surface area is 215 Å². The Morgan fingerprint density at radius 1 is 1.22 bits per heavy atom. The first-order valence-corrected chi connectivity index (χ1v) is 13.1. The summed E-state index contributed by atoms with van der Waals surface area (Å²) >= 11 is 0. The number of carbonyl (C=O) groups excluding carboxylic acids is 1. The van der Waals surface area contributed by atoms with E-state index in [9.17, 15) is 19.4 Å². The molecule has 1 aromatic carbocycles. The Morgan fingerprint density at radius 3 is 2.68 bits per heavy atom. The number of hydrogen-bond donors (Lipinski definition) is 3. The van der Waals surface area contributed by atoms with Gasteiger partial charge in [0, 0.05) is 44.0 Å². The van der Waals surface area contributed by atoms with E-state index in [2.05, 4.69) is 15.2 Å². The summed E-state index contributed by atoms with van der Waals surface area (Å²) in [5, 5.41) is 25.7. The summed E-state index contributed by atoms with van der Waals surface area (Å²) in [6.45, 7) is 5.32. The number of benzene rings is 1. The number of rotatable bonds is 6. The molecule has 2 aliphatic heterocycles. The van der Waals surface area contributed by atoms with Crippen LogP contribution in [0.1, 0.15) is 38.2 Å². The fourth-order valence-corrected chi connectivity index (χ4v) is 5.93. The number of fused-ring (bicyclic) bond motifs is 1. The van der Waals surface area contributed by atoms with Gasteiger partial charge in [-0.1, -0.05) is 12.1 Å². The van der Waals surface area contributed by atoms with Crippen molar-refractivity contribution >= 4 is 17.5 Å². The average Bonchev–Trinajstić information content (AvgIpc) is 3.65. The van der Waals surface area contributed by atoms with Gasteiger partial charge in [-0.25, -0.2) is 9.37 Å². The van der Waals surface area contributed by atoms with Crippen molar-refractivity contribution in [3.63, 3.8) is 0 Å². The van der Waals surface area contributed by atoms with Gasteiger partial charge in [-0.05, 0) is 61.8 Å². The van der Waals surface area contributed by atoms with Crippen molar-refractivity contribution in [2.45, 2.75) is 51.0 Å². The van der Waals surface area contributed by atoms with Crippen LogP contribution in [0.25, 0.3) is 16.9 Å².